The average Bonchev–Trinajstić information content (AvgIpc) is 3.03. The molecule has 120 valence electrons. The molecular weight excluding hydrogens is 318 g/mol. The second kappa shape index (κ2) is 6.09. The fourth-order valence-electron chi connectivity index (χ4n) is 3.09. The van der Waals surface area contributed by atoms with Crippen molar-refractivity contribution in [1.82, 2.24) is 9.88 Å². The van der Waals surface area contributed by atoms with Crippen molar-refractivity contribution in [1.29, 1.82) is 0 Å². The number of nitrogens with two attached hydrogens (primary N) is 1. The quantitative estimate of drug-likeness (QED) is 0.778. The summed E-state index contributed by atoms with van der Waals surface area (Å²) in [4.78, 5) is 20.0. The van der Waals surface area contributed by atoms with Crippen molar-refractivity contribution in [3.63, 3.8) is 0 Å². The maximum absolute atomic E-state index is 13.1. The highest BCUT2D eigenvalue weighted by Crippen LogP contribution is 2.32. The Kier molecular flexibility index (Phi) is 3.78. The molecule has 3 aromatic rings. The number of nitrogen functional groups attached to an aromatic ring is 1. The van der Waals surface area contributed by atoms with Crippen molar-refractivity contribution in [2.24, 2.45) is 0 Å². The van der Waals surface area contributed by atoms with Gasteiger partial charge in [-0.2, -0.15) is 0 Å². The fraction of sp³-hybridized carbons (Fsp3) is 0.158. The molecule has 1 aliphatic heterocycles. The molecule has 2 N–H and O–H groups in total. The highest BCUT2D eigenvalue weighted by Gasteiger charge is 2.26. The van der Waals surface area contributed by atoms with Gasteiger partial charge in [0.2, 0.25) is 0 Å². The number of carbonyl (C=O) groups excluding carboxylic acids is 1. The lowest BCUT2D eigenvalue weighted by molar-refractivity contribution is 0.0740. The maximum atomic E-state index is 13.1. The molecule has 1 aromatic heterocycles. The molecule has 2 aromatic carbocycles. The number of thiazole rings is 1. The first-order valence-electron chi connectivity index (χ1n) is 7.90. The zero-order valence-corrected chi connectivity index (χ0v) is 13.9. The molecule has 0 unspecified atom stereocenters. The van der Waals surface area contributed by atoms with E-state index in [0.717, 1.165) is 18.5 Å². The Hall–Kier alpha value is -2.66. The Morgan fingerprint density at radius 2 is 1.75 bits per heavy atom. The van der Waals surface area contributed by atoms with Crippen LogP contribution in [0.25, 0.3) is 11.3 Å². The van der Waals surface area contributed by atoms with Crippen LogP contribution in [-0.4, -0.2) is 22.3 Å². The Morgan fingerprint density at radius 1 is 1.04 bits per heavy atom. The minimum absolute atomic E-state index is 0.0116. The molecule has 4 rings (SSSR count). The van der Waals surface area contributed by atoms with E-state index in [1.54, 1.807) is 0 Å². The molecule has 2 heterocycles. The lowest BCUT2D eigenvalue weighted by atomic mass is 9.99. The van der Waals surface area contributed by atoms with Crippen LogP contribution in [0.15, 0.2) is 54.6 Å². The highest BCUT2D eigenvalue weighted by molar-refractivity contribution is 7.17. The van der Waals surface area contributed by atoms with Crippen LogP contribution in [0.2, 0.25) is 0 Å². The number of aromatic nitrogens is 1. The first-order chi connectivity index (χ1) is 11.7. The lowest BCUT2D eigenvalue weighted by Gasteiger charge is -2.28. The van der Waals surface area contributed by atoms with Gasteiger partial charge in [-0.3, -0.25) is 4.79 Å². The van der Waals surface area contributed by atoms with Crippen molar-refractivity contribution in [3.8, 4) is 11.3 Å². The van der Waals surface area contributed by atoms with Crippen molar-refractivity contribution in [2.75, 3.05) is 12.3 Å². The number of rotatable bonds is 2. The molecule has 1 aliphatic rings. The molecule has 0 spiro atoms. The zero-order valence-electron chi connectivity index (χ0n) is 13.1. The summed E-state index contributed by atoms with van der Waals surface area (Å²) in [5.41, 5.74) is 10.0. The van der Waals surface area contributed by atoms with E-state index in [-0.39, 0.29) is 5.91 Å². The van der Waals surface area contributed by atoms with Crippen molar-refractivity contribution < 1.29 is 4.79 Å². The van der Waals surface area contributed by atoms with Gasteiger partial charge < -0.3 is 10.6 Å². The van der Waals surface area contributed by atoms with Gasteiger partial charge in [-0.05, 0) is 17.5 Å². The van der Waals surface area contributed by atoms with Gasteiger partial charge >= 0.3 is 0 Å². The van der Waals surface area contributed by atoms with Gasteiger partial charge in [-0.25, -0.2) is 4.98 Å². The van der Waals surface area contributed by atoms with Gasteiger partial charge in [-0.1, -0.05) is 65.9 Å². The van der Waals surface area contributed by atoms with E-state index < -0.39 is 0 Å². The molecule has 0 bridgehead atoms. The van der Waals surface area contributed by atoms with Crippen molar-refractivity contribution in [2.45, 2.75) is 13.0 Å². The van der Waals surface area contributed by atoms with E-state index in [1.807, 2.05) is 47.4 Å². The molecule has 0 radical (unpaired) electrons. The monoisotopic (exact) mass is 335 g/mol. The minimum Gasteiger partial charge on any atom is -0.375 e. The Labute approximate surface area is 144 Å². The molecule has 0 saturated heterocycles. The molecule has 4 nitrogen and oxygen atoms in total. The highest BCUT2D eigenvalue weighted by atomic mass is 32.1. The zero-order chi connectivity index (χ0) is 16.5. The minimum atomic E-state index is 0.0116. The van der Waals surface area contributed by atoms with Gasteiger partial charge in [0.15, 0.2) is 5.13 Å². The molecule has 24 heavy (non-hydrogen) atoms. The van der Waals surface area contributed by atoms with Gasteiger partial charge in [0.1, 0.15) is 4.88 Å². The van der Waals surface area contributed by atoms with Crippen LogP contribution < -0.4 is 5.73 Å². The number of carbonyl (C=O) groups is 1. The molecule has 0 aliphatic carbocycles. The van der Waals surface area contributed by atoms with Crippen LogP contribution in [0.5, 0.6) is 0 Å². The molecule has 0 saturated carbocycles. The fourth-order valence-corrected chi connectivity index (χ4v) is 3.91. The number of hydrogen-bond donors (Lipinski definition) is 1. The van der Waals surface area contributed by atoms with Crippen molar-refractivity contribution >= 4 is 22.4 Å². The standard InChI is InChI=1S/C19H17N3OS/c20-19-21-16(14-7-2-1-3-8-14)17(24-19)18(23)22-11-10-13-6-4-5-9-15(13)12-22/h1-9H,10-12H2,(H2,20,21). The van der Waals surface area contributed by atoms with Crippen LogP contribution in [-0.2, 0) is 13.0 Å². The Bertz CT molecular complexity index is 889. The van der Waals surface area contributed by atoms with E-state index in [1.165, 1.54) is 22.5 Å². The first-order valence-corrected chi connectivity index (χ1v) is 8.72. The smallest absolute Gasteiger partial charge is 0.266 e. The summed E-state index contributed by atoms with van der Waals surface area (Å²) < 4.78 is 0. The number of amides is 1. The SMILES string of the molecule is Nc1nc(-c2ccccc2)c(C(=O)N2CCc3ccccc3C2)s1. The van der Waals surface area contributed by atoms with Crippen LogP contribution in [0.3, 0.4) is 0 Å². The number of benzene rings is 2. The summed E-state index contributed by atoms with van der Waals surface area (Å²) in [5, 5.41) is 0.426. The van der Waals surface area contributed by atoms with Gasteiger partial charge in [0.05, 0.1) is 5.69 Å². The average molecular weight is 335 g/mol. The summed E-state index contributed by atoms with van der Waals surface area (Å²) in [6.45, 7) is 1.36. The van der Waals surface area contributed by atoms with Crippen LogP contribution in [0.1, 0.15) is 20.8 Å². The predicted molar refractivity (Wildman–Crippen MR) is 96.8 cm³/mol. The molecule has 0 fully saturated rings. The second-order valence-electron chi connectivity index (χ2n) is 5.84. The van der Waals surface area contributed by atoms with Gasteiger partial charge in [0.25, 0.3) is 5.91 Å². The number of hydrogen-bond acceptors (Lipinski definition) is 4. The van der Waals surface area contributed by atoms with E-state index >= 15 is 0 Å². The van der Waals surface area contributed by atoms with Gasteiger partial charge in [-0.15, -0.1) is 0 Å². The summed E-state index contributed by atoms with van der Waals surface area (Å²) in [6, 6.07) is 18.0. The van der Waals surface area contributed by atoms with Crippen LogP contribution >= 0.6 is 11.3 Å². The third kappa shape index (κ3) is 2.67. The number of anilines is 1. The summed E-state index contributed by atoms with van der Waals surface area (Å²) in [7, 11) is 0. The molecular formula is C19H17N3OS. The number of fused-ring (bicyclic) bond motifs is 1. The normalized spacial score (nSPS) is 13.6. The third-order valence-corrected chi connectivity index (χ3v) is 5.18. The topological polar surface area (TPSA) is 59.2 Å². The molecule has 0 atom stereocenters. The van der Waals surface area contributed by atoms with E-state index in [9.17, 15) is 4.79 Å². The summed E-state index contributed by atoms with van der Waals surface area (Å²) >= 11 is 1.27. The first kappa shape index (κ1) is 14.9. The Morgan fingerprint density at radius 3 is 2.54 bits per heavy atom. The van der Waals surface area contributed by atoms with E-state index in [4.69, 9.17) is 5.73 Å². The van der Waals surface area contributed by atoms with Gasteiger partial charge in [0, 0.05) is 18.7 Å². The lowest BCUT2D eigenvalue weighted by Crippen LogP contribution is -2.35. The summed E-state index contributed by atoms with van der Waals surface area (Å²) in [6.07, 6.45) is 0.886. The Balaban J connectivity index is 1.67. The second-order valence-corrected chi connectivity index (χ2v) is 6.87. The van der Waals surface area contributed by atoms with E-state index in [2.05, 4.69) is 17.1 Å². The van der Waals surface area contributed by atoms with E-state index in [0.29, 0.717) is 22.2 Å². The third-order valence-electron chi connectivity index (χ3n) is 4.30. The maximum Gasteiger partial charge on any atom is 0.266 e. The van der Waals surface area contributed by atoms with Crippen LogP contribution in [0, 0.1) is 0 Å². The predicted octanol–water partition coefficient (Wildman–Crippen LogP) is 3.59. The summed E-state index contributed by atoms with van der Waals surface area (Å²) in [5.74, 6) is 0.0116. The largest absolute Gasteiger partial charge is 0.375 e. The van der Waals surface area contributed by atoms with Crippen LogP contribution in [0.4, 0.5) is 5.13 Å². The number of nitrogens with zero attached hydrogens (tertiary/aromatic N) is 2. The molecule has 5 heteroatoms. The van der Waals surface area contributed by atoms with Crippen molar-refractivity contribution in [3.05, 3.63) is 70.6 Å². The molecule has 1 amide bonds.